The molecule has 1 N–H and O–H groups in total. The fourth-order valence-corrected chi connectivity index (χ4v) is 3.27. The van der Waals surface area contributed by atoms with Gasteiger partial charge in [0.1, 0.15) is 5.69 Å². The Morgan fingerprint density at radius 1 is 1.23 bits per heavy atom. The van der Waals surface area contributed by atoms with Gasteiger partial charge in [-0.1, -0.05) is 45.0 Å². The van der Waals surface area contributed by atoms with Crippen molar-refractivity contribution in [2.45, 2.75) is 59.4 Å². The molecule has 0 unspecified atom stereocenters. The summed E-state index contributed by atoms with van der Waals surface area (Å²) < 4.78 is 13.1. The van der Waals surface area contributed by atoms with Crippen LogP contribution in [0.4, 0.5) is 0 Å². The molecule has 6 nitrogen and oxygen atoms in total. The molecule has 30 heavy (non-hydrogen) atoms. The Hall–Kier alpha value is -2.89. The summed E-state index contributed by atoms with van der Waals surface area (Å²) in [5, 5.41) is 12.6. The van der Waals surface area contributed by atoms with Crippen molar-refractivity contribution >= 4 is 23.5 Å². The summed E-state index contributed by atoms with van der Waals surface area (Å²) in [4.78, 5) is 11.9. The summed E-state index contributed by atoms with van der Waals surface area (Å²) in [6.07, 6.45) is 3.05. The Morgan fingerprint density at radius 3 is 2.43 bits per heavy atom. The number of allylic oxidation sites excluding steroid dienone is 1. The maximum absolute atomic E-state index is 11.9. The number of nitrogens with one attached hydrogen (secondary N) is 1. The monoisotopic (exact) mass is 409 g/mol. The first-order chi connectivity index (χ1) is 14.2. The highest BCUT2D eigenvalue weighted by Crippen LogP contribution is 2.32. The van der Waals surface area contributed by atoms with Gasteiger partial charge in [0, 0.05) is 18.3 Å². The maximum Gasteiger partial charge on any atom is 0.311 e. The van der Waals surface area contributed by atoms with Crippen LogP contribution in [-0.2, 0) is 26.2 Å². The number of nitrogens with zero attached hydrogens (tertiary/aromatic N) is 2. The van der Waals surface area contributed by atoms with E-state index in [1.165, 1.54) is 11.8 Å². The van der Waals surface area contributed by atoms with E-state index in [9.17, 15) is 4.79 Å². The molecule has 0 spiro atoms. The summed E-state index contributed by atoms with van der Waals surface area (Å²) in [5.41, 5.74) is 4.36. The Balaban J connectivity index is 1.98. The van der Waals surface area contributed by atoms with E-state index < -0.39 is 0 Å². The number of ether oxygens (including phenoxy) is 2. The molecule has 6 heteroatoms. The molecular weight excluding hydrogens is 378 g/mol. The number of aromatic nitrogens is 2. The molecule has 0 atom stereocenters. The second-order valence-corrected chi connectivity index (χ2v) is 8.70. The zero-order valence-corrected chi connectivity index (χ0v) is 18.5. The Bertz CT molecular complexity index is 945. The molecule has 0 aliphatic heterocycles. The van der Waals surface area contributed by atoms with Crippen molar-refractivity contribution in [3.05, 3.63) is 52.8 Å². The summed E-state index contributed by atoms with van der Waals surface area (Å²) in [5.74, 6) is 0.275. The standard InChI is InChI=1S/C24H31N3O3/c1-6-27-21(13-16(2)26-27)22(29-15-30-23(28)18-7-8-18)20(14-25)17-9-11-19(12-10-17)24(3,4)5/h9-14,18,25H,6-8,15H2,1-5H3/b22-20-,25-14?. The van der Waals surface area contributed by atoms with Crippen LogP contribution in [0.1, 0.15) is 63.1 Å². The average molecular weight is 410 g/mol. The van der Waals surface area contributed by atoms with Gasteiger partial charge in [0.05, 0.1) is 11.6 Å². The first-order valence-electron chi connectivity index (χ1n) is 10.4. The van der Waals surface area contributed by atoms with E-state index in [-0.39, 0.29) is 24.1 Å². The molecule has 1 aromatic carbocycles. The van der Waals surface area contributed by atoms with Crippen LogP contribution < -0.4 is 0 Å². The highest BCUT2D eigenvalue weighted by atomic mass is 16.7. The molecule has 1 heterocycles. The zero-order chi connectivity index (χ0) is 21.9. The number of carbonyl (C=O) groups excluding carboxylic acids is 1. The second-order valence-electron chi connectivity index (χ2n) is 8.70. The van der Waals surface area contributed by atoms with E-state index in [1.54, 1.807) is 0 Å². The highest BCUT2D eigenvalue weighted by molar-refractivity contribution is 6.16. The van der Waals surface area contributed by atoms with Crippen molar-refractivity contribution in [1.29, 1.82) is 5.41 Å². The largest absolute Gasteiger partial charge is 0.454 e. The Morgan fingerprint density at radius 2 is 1.90 bits per heavy atom. The van der Waals surface area contributed by atoms with Gasteiger partial charge < -0.3 is 14.9 Å². The molecule has 1 saturated carbocycles. The van der Waals surface area contributed by atoms with Gasteiger partial charge in [0.15, 0.2) is 5.76 Å². The third-order valence-corrected chi connectivity index (χ3v) is 5.20. The van der Waals surface area contributed by atoms with E-state index >= 15 is 0 Å². The second kappa shape index (κ2) is 8.86. The van der Waals surface area contributed by atoms with Gasteiger partial charge in [-0.3, -0.25) is 9.48 Å². The first-order valence-corrected chi connectivity index (χ1v) is 10.4. The quantitative estimate of drug-likeness (QED) is 0.289. The lowest BCUT2D eigenvalue weighted by Crippen LogP contribution is -2.13. The van der Waals surface area contributed by atoms with E-state index in [0.29, 0.717) is 17.9 Å². The number of rotatable bonds is 8. The number of hydrogen-bond donors (Lipinski definition) is 1. The lowest BCUT2D eigenvalue weighted by molar-refractivity contribution is -0.153. The molecule has 1 fully saturated rings. The van der Waals surface area contributed by atoms with Crippen molar-refractivity contribution in [3.8, 4) is 0 Å². The molecule has 3 rings (SSSR count). The normalized spacial score (nSPS) is 14.8. The molecule has 0 amide bonds. The summed E-state index contributed by atoms with van der Waals surface area (Å²) in [6.45, 7) is 10.9. The van der Waals surface area contributed by atoms with Crippen LogP contribution in [0.5, 0.6) is 0 Å². The van der Waals surface area contributed by atoms with E-state index in [2.05, 4.69) is 38.0 Å². The predicted octanol–water partition coefficient (Wildman–Crippen LogP) is 4.95. The molecule has 0 radical (unpaired) electrons. The van der Waals surface area contributed by atoms with Gasteiger partial charge in [-0.2, -0.15) is 5.10 Å². The van der Waals surface area contributed by atoms with Gasteiger partial charge in [-0.05, 0) is 49.3 Å². The van der Waals surface area contributed by atoms with Crippen molar-refractivity contribution in [3.63, 3.8) is 0 Å². The maximum atomic E-state index is 11.9. The topological polar surface area (TPSA) is 77.2 Å². The van der Waals surface area contributed by atoms with Crippen molar-refractivity contribution in [1.82, 2.24) is 9.78 Å². The summed E-state index contributed by atoms with van der Waals surface area (Å²) in [6, 6.07) is 10.1. The van der Waals surface area contributed by atoms with E-state index in [4.69, 9.17) is 14.9 Å². The molecular formula is C24H31N3O3. The minimum absolute atomic E-state index is 0.0107. The molecule has 1 aliphatic carbocycles. The van der Waals surface area contributed by atoms with E-state index in [1.807, 2.05) is 36.7 Å². The van der Waals surface area contributed by atoms with Crippen LogP contribution in [0.15, 0.2) is 30.3 Å². The van der Waals surface area contributed by atoms with Crippen LogP contribution in [0, 0.1) is 18.3 Å². The molecule has 0 bridgehead atoms. The van der Waals surface area contributed by atoms with Crippen molar-refractivity contribution in [2.24, 2.45) is 5.92 Å². The van der Waals surface area contributed by atoms with Gasteiger partial charge in [0.25, 0.3) is 0 Å². The van der Waals surface area contributed by atoms with Gasteiger partial charge in [0.2, 0.25) is 6.79 Å². The zero-order valence-electron chi connectivity index (χ0n) is 18.5. The minimum Gasteiger partial charge on any atom is -0.454 e. The highest BCUT2D eigenvalue weighted by Gasteiger charge is 2.31. The van der Waals surface area contributed by atoms with Gasteiger partial charge in [-0.25, -0.2) is 0 Å². The number of aryl methyl sites for hydroxylation is 2. The fourth-order valence-electron chi connectivity index (χ4n) is 3.27. The Kier molecular flexibility index (Phi) is 6.44. The van der Waals surface area contributed by atoms with E-state index in [0.717, 1.165) is 29.8 Å². The number of esters is 1. The van der Waals surface area contributed by atoms with Crippen LogP contribution in [0.2, 0.25) is 0 Å². The van der Waals surface area contributed by atoms with Crippen LogP contribution >= 0.6 is 0 Å². The van der Waals surface area contributed by atoms with Gasteiger partial charge >= 0.3 is 5.97 Å². The summed E-state index contributed by atoms with van der Waals surface area (Å²) in [7, 11) is 0. The van der Waals surface area contributed by atoms with Crippen LogP contribution in [-0.4, -0.2) is 28.8 Å². The third kappa shape index (κ3) is 4.99. The molecule has 1 aliphatic rings. The third-order valence-electron chi connectivity index (χ3n) is 5.20. The molecule has 0 saturated heterocycles. The smallest absolute Gasteiger partial charge is 0.311 e. The summed E-state index contributed by atoms with van der Waals surface area (Å²) >= 11 is 0. The number of hydrogen-bond acceptors (Lipinski definition) is 5. The molecule has 1 aromatic heterocycles. The fraction of sp³-hybridized carbons (Fsp3) is 0.458. The SMILES string of the molecule is CCn1nc(C)cc1/C(OCOC(=O)C1CC1)=C(\C=N)c1ccc(C(C)(C)C)cc1. The predicted molar refractivity (Wildman–Crippen MR) is 118 cm³/mol. The lowest BCUT2D eigenvalue weighted by atomic mass is 9.86. The van der Waals surface area contributed by atoms with Crippen LogP contribution in [0.3, 0.4) is 0 Å². The number of benzene rings is 1. The molecule has 2 aromatic rings. The van der Waals surface area contributed by atoms with Crippen LogP contribution in [0.25, 0.3) is 11.3 Å². The molecule has 160 valence electrons. The first kappa shape index (κ1) is 21.8. The van der Waals surface area contributed by atoms with Crippen molar-refractivity contribution < 1.29 is 14.3 Å². The van der Waals surface area contributed by atoms with Gasteiger partial charge in [-0.15, -0.1) is 0 Å². The minimum atomic E-state index is -0.222. The number of carbonyl (C=O) groups is 1. The van der Waals surface area contributed by atoms with Crippen molar-refractivity contribution in [2.75, 3.05) is 6.79 Å². The lowest BCUT2D eigenvalue weighted by Gasteiger charge is -2.20. The Labute approximate surface area is 178 Å². The average Bonchev–Trinajstić information content (AvgIpc) is 3.49.